The van der Waals surface area contributed by atoms with E-state index in [1.165, 1.54) is 12.8 Å². The van der Waals surface area contributed by atoms with Crippen LogP contribution in [0.15, 0.2) is 0 Å². The van der Waals surface area contributed by atoms with E-state index in [0.717, 1.165) is 12.8 Å². The zero-order valence-electron chi connectivity index (χ0n) is 7.11. The van der Waals surface area contributed by atoms with E-state index in [9.17, 15) is 0 Å². The lowest BCUT2D eigenvalue weighted by Crippen LogP contribution is -1.88. The molecule has 0 heteroatoms. The van der Waals surface area contributed by atoms with Crippen LogP contribution >= 0.6 is 0 Å². The van der Waals surface area contributed by atoms with Crippen LogP contribution in [0.5, 0.6) is 0 Å². The topological polar surface area (TPSA) is 0 Å². The van der Waals surface area contributed by atoms with Crippen LogP contribution < -0.4 is 0 Å². The molecule has 0 heterocycles. The first kappa shape index (κ1) is 9.56. The summed E-state index contributed by atoms with van der Waals surface area (Å²) in [6.07, 6.45) is 4.43. The largest absolute Gasteiger partial charge is 0.103 e. The molecule has 57 valence electrons. The van der Waals surface area contributed by atoms with Gasteiger partial charge in [-0.1, -0.05) is 33.6 Å². The molecule has 0 aromatic heterocycles. The highest BCUT2D eigenvalue weighted by Gasteiger charge is 1.93. The predicted octanol–water partition coefficient (Wildman–Crippen LogP) is 3.04. The van der Waals surface area contributed by atoms with Crippen LogP contribution in [-0.4, -0.2) is 0 Å². The maximum atomic E-state index is 3.79. The molecule has 0 fully saturated rings. The molecule has 0 N–H and O–H groups in total. The monoisotopic (exact) mass is 137 g/mol. The molecule has 10 heavy (non-hydrogen) atoms. The van der Waals surface area contributed by atoms with E-state index in [1.54, 1.807) is 0 Å². The van der Waals surface area contributed by atoms with Crippen molar-refractivity contribution in [2.75, 3.05) is 0 Å². The highest BCUT2D eigenvalue weighted by Crippen LogP contribution is 2.05. The van der Waals surface area contributed by atoms with Crippen molar-refractivity contribution in [3.63, 3.8) is 0 Å². The summed E-state index contributed by atoms with van der Waals surface area (Å²) in [5.74, 6) is 6.85. The Bertz CT molecular complexity index is 114. The summed E-state index contributed by atoms with van der Waals surface area (Å²) >= 11 is 0. The van der Waals surface area contributed by atoms with Crippen LogP contribution in [0.25, 0.3) is 0 Å². The summed E-state index contributed by atoms with van der Waals surface area (Å²) in [4.78, 5) is 0. The molecule has 1 unspecified atom stereocenters. The van der Waals surface area contributed by atoms with E-state index in [0.29, 0.717) is 5.92 Å². The molecule has 0 amide bonds. The van der Waals surface area contributed by atoms with Gasteiger partial charge in [0.1, 0.15) is 0 Å². The van der Waals surface area contributed by atoms with Crippen LogP contribution in [0.3, 0.4) is 0 Å². The minimum Gasteiger partial charge on any atom is -0.103 e. The normalized spacial score (nSPS) is 11.9. The predicted molar refractivity (Wildman–Crippen MR) is 46.4 cm³/mol. The number of hydrogen-bond acceptors (Lipinski definition) is 0. The van der Waals surface area contributed by atoms with Crippen molar-refractivity contribution < 1.29 is 0 Å². The fourth-order valence-corrected chi connectivity index (χ4v) is 0.799. The van der Waals surface area contributed by atoms with Gasteiger partial charge in [-0.3, -0.25) is 0 Å². The Morgan fingerprint density at radius 3 is 2.70 bits per heavy atom. The molecule has 0 aliphatic rings. The van der Waals surface area contributed by atoms with Crippen LogP contribution in [0.1, 0.15) is 39.5 Å². The fraction of sp³-hybridized carbons (Fsp3) is 0.700. The Kier molecular flexibility index (Phi) is 6.38. The second kappa shape index (κ2) is 6.68. The second-order valence-corrected chi connectivity index (χ2v) is 2.57. The van der Waals surface area contributed by atoms with E-state index >= 15 is 0 Å². The Hall–Kier alpha value is -0.440. The molecule has 1 atom stereocenters. The zero-order valence-corrected chi connectivity index (χ0v) is 7.11. The molecular formula is C10H17. The highest BCUT2D eigenvalue weighted by molar-refractivity contribution is 5.01. The van der Waals surface area contributed by atoms with E-state index in [2.05, 4.69) is 32.6 Å². The van der Waals surface area contributed by atoms with Crippen LogP contribution in [0.2, 0.25) is 0 Å². The van der Waals surface area contributed by atoms with Gasteiger partial charge in [0.2, 0.25) is 0 Å². The molecule has 0 aromatic carbocycles. The number of hydrogen-bond donors (Lipinski definition) is 0. The first-order valence-corrected chi connectivity index (χ1v) is 4.08. The van der Waals surface area contributed by atoms with Crippen LogP contribution in [-0.2, 0) is 0 Å². The summed E-state index contributed by atoms with van der Waals surface area (Å²) in [6, 6.07) is 0. The summed E-state index contributed by atoms with van der Waals surface area (Å²) in [7, 11) is 0. The molecule has 0 aromatic rings. The quantitative estimate of drug-likeness (QED) is 0.524. The lowest BCUT2D eigenvalue weighted by Gasteiger charge is -1.99. The third-order valence-electron chi connectivity index (χ3n) is 1.41. The van der Waals surface area contributed by atoms with Gasteiger partial charge in [0.05, 0.1) is 0 Å². The maximum absolute atomic E-state index is 3.79. The summed E-state index contributed by atoms with van der Waals surface area (Å²) in [5, 5.41) is 0. The van der Waals surface area contributed by atoms with Crippen molar-refractivity contribution in [2.45, 2.75) is 39.5 Å². The van der Waals surface area contributed by atoms with E-state index in [1.807, 2.05) is 0 Å². The number of rotatable bonds is 3. The molecule has 0 aliphatic heterocycles. The van der Waals surface area contributed by atoms with Gasteiger partial charge >= 0.3 is 0 Å². The second-order valence-electron chi connectivity index (χ2n) is 2.57. The van der Waals surface area contributed by atoms with Gasteiger partial charge in [0.25, 0.3) is 0 Å². The van der Waals surface area contributed by atoms with Gasteiger partial charge < -0.3 is 0 Å². The standard InChI is InChI=1S/C10H17/c1-4-6-8-10(3)9-7-5-2/h10H,1,4-6,8H2,2-3H3. The van der Waals surface area contributed by atoms with Crippen molar-refractivity contribution in [1.82, 2.24) is 0 Å². The van der Waals surface area contributed by atoms with Crippen molar-refractivity contribution in [3.8, 4) is 11.8 Å². The van der Waals surface area contributed by atoms with Crippen LogP contribution in [0, 0.1) is 24.7 Å². The van der Waals surface area contributed by atoms with Gasteiger partial charge in [0.15, 0.2) is 0 Å². The van der Waals surface area contributed by atoms with Gasteiger partial charge in [-0.05, 0) is 6.42 Å². The van der Waals surface area contributed by atoms with E-state index in [4.69, 9.17) is 0 Å². The maximum Gasteiger partial charge on any atom is 0.0174 e. The van der Waals surface area contributed by atoms with Crippen molar-refractivity contribution in [2.24, 2.45) is 5.92 Å². The highest BCUT2D eigenvalue weighted by atomic mass is 14.0. The van der Waals surface area contributed by atoms with Crippen LogP contribution in [0.4, 0.5) is 0 Å². The average Bonchev–Trinajstić information content (AvgIpc) is 1.97. The smallest absolute Gasteiger partial charge is 0.0174 e. The average molecular weight is 137 g/mol. The summed E-state index contributed by atoms with van der Waals surface area (Å²) in [6.45, 7) is 8.05. The first-order chi connectivity index (χ1) is 4.81. The minimum atomic E-state index is 0.571. The van der Waals surface area contributed by atoms with Gasteiger partial charge in [0, 0.05) is 12.3 Å². The van der Waals surface area contributed by atoms with Crippen molar-refractivity contribution >= 4 is 0 Å². The molecule has 0 aliphatic carbocycles. The van der Waals surface area contributed by atoms with E-state index in [-0.39, 0.29) is 0 Å². The third-order valence-corrected chi connectivity index (χ3v) is 1.41. The zero-order chi connectivity index (χ0) is 7.82. The van der Waals surface area contributed by atoms with Gasteiger partial charge in [-0.25, -0.2) is 0 Å². The summed E-state index contributed by atoms with van der Waals surface area (Å²) in [5.41, 5.74) is 0. The Morgan fingerprint density at radius 2 is 2.20 bits per heavy atom. The fourth-order valence-electron chi connectivity index (χ4n) is 0.799. The molecule has 0 saturated heterocycles. The van der Waals surface area contributed by atoms with Crippen molar-refractivity contribution in [3.05, 3.63) is 6.92 Å². The Labute approximate surface area is 65.0 Å². The minimum absolute atomic E-state index is 0.571. The lowest BCUT2D eigenvalue weighted by atomic mass is 10.1. The summed E-state index contributed by atoms with van der Waals surface area (Å²) < 4.78 is 0. The molecule has 0 nitrogen and oxygen atoms in total. The number of unbranched alkanes of at least 4 members (excludes halogenated alkanes) is 1. The van der Waals surface area contributed by atoms with Crippen molar-refractivity contribution in [1.29, 1.82) is 0 Å². The van der Waals surface area contributed by atoms with E-state index < -0.39 is 0 Å². The SMILES string of the molecule is [CH2]CCCC(C)C#CCC. The molecule has 0 rings (SSSR count). The van der Waals surface area contributed by atoms with Gasteiger partial charge in [-0.15, -0.1) is 11.8 Å². The lowest BCUT2D eigenvalue weighted by molar-refractivity contribution is 0.627. The molecule has 1 radical (unpaired) electrons. The van der Waals surface area contributed by atoms with Gasteiger partial charge in [-0.2, -0.15) is 0 Å². The molecule has 0 spiro atoms. The molecule has 0 bridgehead atoms. The molecule has 0 saturated carbocycles. The Morgan fingerprint density at radius 1 is 1.50 bits per heavy atom. The molecular weight excluding hydrogens is 120 g/mol. The first-order valence-electron chi connectivity index (χ1n) is 4.08. The third kappa shape index (κ3) is 5.69. The Balaban J connectivity index is 3.33.